The van der Waals surface area contributed by atoms with E-state index in [0.717, 1.165) is 11.0 Å². The Morgan fingerprint density at radius 1 is 1.42 bits per heavy atom. The standard InChI is InChI=1S/C7H7N3OP/c1-12(11)10-7-5-3-2-4-6(7)8-9-10/h2-5H,1H3/q+1. The summed E-state index contributed by atoms with van der Waals surface area (Å²) in [6.07, 6.45) is 0. The van der Waals surface area contributed by atoms with Gasteiger partial charge in [-0.3, -0.25) is 0 Å². The molecule has 0 saturated carbocycles. The number of aromatic nitrogens is 3. The van der Waals surface area contributed by atoms with Crippen molar-refractivity contribution in [1.82, 2.24) is 14.8 Å². The van der Waals surface area contributed by atoms with Gasteiger partial charge in [-0.15, -0.1) is 5.10 Å². The zero-order valence-electron chi connectivity index (χ0n) is 6.51. The second-order valence-corrected chi connectivity index (χ2v) is 3.74. The van der Waals surface area contributed by atoms with Crippen molar-refractivity contribution in [3.05, 3.63) is 24.3 Å². The number of para-hydroxylation sites is 1. The molecule has 60 valence electrons. The van der Waals surface area contributed by atoms with Crippen molar-refractivity contribution < 1.29 is 4.57 Å². The molecule has 0 amide bonds. The van der Waals surface area contributed by atoms with Gasteiger partial charge in [-0.05, 0) is 26.4 Å². The fourth-order valence-corrected chi connectivity index (χ4v) is 1.69. The highest BCUT2D eigenvalue weighted by atomic mass is 31.1. The van der Waals surface area contributed by atoms with E-state index < -0.39 is 7.95 Å². The van der Waals surface area contributed by atoms with Crippen molar-refractivity contribution >= 4 is 19.0 Å². The molecular weight excluding hydrogens is 173 g/mol. The molecule has 0 aliphatic carbocycles. The van der Waals surface area contributed by atoms with E-state index >= 15 is 0 Å². The molecule has 0 bridgehead atoms. The van der Waals surface area contributed by atoms with Crippen LogP contribution in [0.5, 0.6) is 0 Å². The smallest absolute Gasteiger partial charge is 0.127 e. The van der Waals surface area contributed by atoms with E-state index in [2.05, 4.69) is 10.3 Å². The Morgan fingerprint density at radius 2 is 2.17 bits per heavy atom. The molecule has 2 aromatic rings. The fourth-order valence-electron chi connectivity index (χ4n) is 1.06. The third-order valence-corrected chi connectivity index (χ3v) is 2.43. The summed E-state index contributed by atoms with van der Waals surface area (Å²) in [5.41, 5.74) is 1.60. The molecule has 0 aliphatic heterocycles. The van der Waals surface area contributed by atoms with Crippen molar-refractivity contribution in [3.63, 3.8) is 0 Å². The van der Waals surface area contributed by atoms with Gasteiger partial charge in [-0.1, -0.05) is 12.1 Å². The van der Waals surface area contributed by atoms with Gasteiger partial charge in [0.1, 0.15) is 11.0 Å². The van der Waals surface area contributed by atoms with E-state index in [9.17, 15) is 4.57 Å². The Hall–Kier alpha value is -1.28. The molecule has 1 heterocycles. The van der Waals surface area contributed by atoms with Crippen LogP contribution < -0.4 is 0 Å². The quantitative estimate of drug-likeness (QED) is 0.627. The van der Waals surface area contributed by atoms with Crippen LogP contribution in [0.3, 0.4) is 0 Å². The van der Waals surface area contributed by atoms with Crippen LogP contribution in [0, 0.1) is 0 Å². The molecule has 0 N–H and O–H groups in total. The number of fused-ring (bicyclic) bond motifs is 1. The molecule has 1 aromatic heterocycles. The van der Waals surface area contributed by atoms with Crippen molar-refractivity contribution in [1.29, 1.82) is 0 Å². The van der Waals surface area contributed by atoms with Crippen LogP contribution >= 0.6 is 7.95 Å². The SMILES string of the molecule is C[P+](=O)n1nnc2ccccc21. The van der Waals surface area contributed by atoms with E-state index in [0.29, 0.717) is 0 Å². The van der Waals surface area contributed by atoms with E-state index in [1.165, 1.54) is 4.45 Å². The molecular formula is C7H7N3OP+. The maximum Gasteiger partial charge on any atom is 0.482 e. The van der Waals surface area contributed by atoms with Gasteiger partial charge < -0.3 is 0 Å². The van der Waals surface area contributed by atoms with Gasteiger partial charge in [0.2, 0.25) is 0 Å². The third kappa shape index (κ3) is 1.01. The zero-order valence-corrected chi connectivity index (χ0v) is 7.40. The lowest BCUT2D eigenvalue weighted by Gasteiger charge is -1.83. The van der Waals surface area contributed by atoms with Gasteiger partial charge in [-0.2, -0.15) is 0 Å². The lowest BCUT2D eigenvalue weighted by molar-refractivity contribution is 0.581. The average molecular weight is 180 g/mol. The molecule has 0 aliphatic rings. The molecule has 0 radical (unpaired) electrons. The highest BCUT2D eigenvalue weighted by Gasteiger charge is 2.15. The maximum absolute atomic E-state index is 11.1. The summed E-state index contributed by atoms with van der Waals surface area (Å²) in [5.74, 6) is 0. The first-order chi connectivity index (χ1) is 5.79. The van der Waals surface area contributed by atoms with Gasteiger partial charge in [-0.25, -0.2) is 0 Å². The molecule has 1 aromatic carbocycles. The van der Waals surface area contributed by atoms with Crippen LogP contribution in [0.4, 0.5) is 0 Å². The Morgan fingerprint density at radius 3 is 2.92 bits per heavy atom. The summed E-state index contributed by atoms with van der Waals surface area (Å²) >= 11 is 0. The monoisotopic (exact) mass is 180 g/mol. The molecule has 5 heteroatoms. The van der Waals surface area contributed by atoms with Crippen molar-refractivity contribution in [2.24, 2.45) is 0 Å². The summed E-state index contributed by atoms with van der Waals surface area (Å²) in [6, 6.07) is 7.45. The molecule has 2 rings (SSSR count). The highest BCUT2D eigenvalue weighted by molar-refractivity contribution is 7.42. The number of hydrogen-bond acceptors (Lipinski definition) is 3. The summed E-state index contributed by atoms with van der Waals surface area (Å²) in [7, 11) is -1.47. The molecule has 1 atom stereocenters. The molecule has 1 unspecified atom stereocenters. The first-order valence-electron chi connectivity index (χ1n) is 3.50. The summed E-state index contributed by atoms with van der Waals surface area (Å²) in [4.78, 5) is 0. The van der Waals surface area contributed by atoms with E-state index in [4.69, 9.17) is 0 Å². The van der Waals surface area contributed by atoms with Gasteiger partial charge in [0.25, 0.3) is 0 Å². The van der Waals surface area contributed by atoms with E-state index in [1.807, 2.05) is 24.3 Å². The minimum Gasteiger partial charge on any atom is -0.127 e. The number of benzene rings is 1. The lowest BCUT2D eigenvalue weighted by Crippen LogP contribution is -1.86. The van der Waals surface area contributed by atoms with Crippen LogP contribution in [0.1, 0.15) is 0 Å². The number of rotatable bonds is 1. The minimum atomic E-state index is -1.47. The molecule has 12 heavy (non-hydrogen) atoms. The van der Waals surface area contributed by atoms with E-state index in [-0.39, 0.29) is 0 Å². The lowest BCUT2D eigenvalue weighted by atomic mass is 10.3. The predicted octanol–water partition coefficient (Wildman–Crippen LogP) is 1.65. The van der Waals surface area contributed by atoms with Gasteiger partial charge in [0, 0.05) is 0 Å². The Balaban J connectivity index is 2.79. The van der Waals surface area contributed by atoms with Gasteiger partial charge >= 0.3 is 7.95 Å². The van der Waals surface area contributed by atoms with Crippen molar-refractivity contribution in [3.8, 4) is 0 Å². The van der Waals surface area contributed by atoms with Crippen LogP contribution in [-0.2, 0) is 4.57 Å². The molecule has 0 spiro atoms. The van der Waals surface area contributed by atoms with Crippen molar-refractivity contribution in [2.45, 2.75) is 0 Å². The van der Waals surface area contributed by atoms with Crippen LogP contribution in [0.2, 0.25) is 0 Å². The summed E-state index contributed by atoms with van der Waals surface area (Å²) in [6.45, 7) is 1.61. The summed E-state index contributed by atoms with van der Waals surface area (Å²) < 4.78 is 12.6. The second kappa shape index (κ2) is 2.64. The van der Waals surface area contributed by atoms with Crippen LogP contribution in [0.25, 0.3) is 11.0 Å². The molecule has 0 fully saturated rings. The predicted molar refractivity (Wildman–Crippen MR) is 46.5 cm³/mol. The highest BCUT2D eigenvalue weighted by Crippen LogP contribution is 2.22. The minimum absolute atomic E-state index is 0.780. The van der Waals surface area contributed by atoms with Gasteiger partial charge in [0.05, 0.1) is 0 Å². The van der Waals surface area contributed by atoms with Gasteiger partial charge in [0.15, 0.2) is 6.66 Å². The summed E-state index contributed by atoms with van der Waals surface area (Å²) in [5, 5.41) is 7.65. The average Bonchev–Trinajstić information content (AvgIpc) is 2.47. The number of hydrogen-bond donors (Lipinski definition) is 0. The Bertz CT molecular complexity index is 437. The number of nitrogens with zero attached hydrogens (tertiary/aromatic N) is 3. The Labute approximate surface area is 70.0 Å². The first kappa shape index (κ1) is 7.37. The van der Waals surface area contributed by atoms with Crippen molar-refractivity contribution in [2.75, 3.05) is 6.66 Å². The maximum atomic E-state index is 11.1. The Kier molecular flexibility index (Phi) is 1.62. The fraction of sp³-hybridized carbons (Fsp3) is 0.143. The molecule has 4 nitrogen and oxygen atoms in total. The van der Waals surface area contributed by atoms with Crippen LogP contribution in [0.15, 0.2) is 24.3 Å². The zero-order chi connectivity index (χ0) is 8.55. The molecule has 0 saturated heterocycles. The normalized spacial score (nSPS) is 11.9. The first-order valence-corrected chi connectivity index (χ1v) is 5.16. The third-order valence-electron chi connectivity index (χ3n) is 1.60. The van der Waals surface area contributed by atoms with Crippen LogP contribution in [-0.4, -0.2) is 21.4 Å². The largest absolute Gasteiger partial charge is 0.482 e. The topological polar surface area (TPSA) is 47.8 Å². The second-order valence-electron chi connectivity index (χ2n) is 2.43. The van der Waals surface area contributed by atoms with E-state index in [1.54, 1.807) is 6.66 Å².